The predicted octanol–water partition coefficient (Wildman–Crippen LogP) is 1.68. The summed E-state index contributed by atoms with van der Waals surface area (Å²) in [6.45, 7) is 3.23. The van der Waals surface area contributed by atoms with Crippen LogP contribution in [0.2, 0.25) is 0 Å². The third kappa shape index (κ3) is 3.95. The van der Waals surface area contributed by atoms with E-state index in [1.165, 1.54) is 0 Å². The second-order valence-corrected chi connectivity index (χ2v) is 5.42. The molecule has 1 heterocycles. The van der Waals surface area contributed by atoms with Crippen LogP contribution in [0, 0.1) is 0 Å². The summed E-state index contributed by atoms with van der Waals surface area (Å²) in [6.07, 6.45) is 1.82. The number of anilines is 1. The van der Waals surface area contributed by atoms with E-state index in [2.05, 4.69) is 6.92 Å². The number of aliphatic hydroxyl groups excluding tert-OH is 1. The number of aliphatic hydroxyl groups is 1. The second kappa shape index (κ2) is 7.43. The van der Waals surface area contributed by atoms with Crippen LogP contribution in [0.4, 0.5) is 5.69 Å². The van der Waals surface area contributed by atoms with E-state index in [9.17, 15) is 15.0 Å². The molecule has 1 aromatic rings. The number of fused-ring (bicyclic) bond motifs is 1. The lowest BCUT2D eigenvalue weighted by Crippen LogP contribution is -2.44. The molecule has 2 N–H and O–H groups in total. The van der Waals surface area contributed by atoms with Crippen molar-refractivity contribution in [2.24, 2.45) is 0 Å². The van der Waals surface area contributed by atoms with Crippen LogP contribution in [0.1, 0.15) is 25.3 Å². The van der Waals surface area contributed by atoms with Gasteiger partial charge in [0.15, 0.2) is 0 Å². The van der Waals surface area contributed by atoms with Crippen LogP contribution in [0.15, 0.2) is 24.3 Å². The topological polar surface area (TPSA) is 70.0 Å². The van der Waals surface area contributed by atoms with E-state index in [0.717, 1.165) is 24.1 Å². The molecule has 0 spiro atoms. The largest absolute Gasteiger partial charge is 0.480 e. The number of aliphatic carboxylic acids is 1. The summed E-state index contributed by atoms with van der Waals surface area (Å²) >= 11 is 0. The Labute approximate surface area is 125 Å². The van der Waals surface area contributed by atoms with Gasteiger partial charge in [0.1, 0.15) is 6.04 Å². The molecule has 2 atom stereocenters. The number of carboxylic acids is 1. The van der Waals surface area contributed by atoms with Crippen molar-refractivity contribution in [3.63, 3.8) is 0 Å². The Morgan fingerprint density at radius 2 is 2.24 bits per heavy atom. The van der Waals surface area contributed by atoms with Gasteiger partial charge >= 0.3 is 5.97 Å². The van der Waals surface area contributed by atoms with Crippen LogP contribution in [-0.2, 0) is 16.0 Å². The second-order valence-electron chi connectivity index (χ2n) is 5.42. The number of carbonyl (C=O) groups is 1. The molecule has 0 amide bonds. The molecule has 0 saturated carbocycles. The Hall–Kier alpha value is -1.59. The van der Waals surface area contributed by atoms with Gasteiger partial charge in [-0.3, -0.25) is 0 Å². The Balaban J connectivity index is 1.97. The quantitative estimate of drug-likeness (QED) is 0.714. The first-order valence-corrected chi connectivity index (χ1v) is 7.46. The van der Waals surface area contributed by atoms with Gasteiger partial charge in [0.2, 0.25) is 0 Å². The van der Waals surface area contributed by atoms with Crippen LogP contribution >= 0.6 is 0 Å². The van der Waals surface area contributed by atoms with Crippen molar-refractivity contribution >= 4 is 11.7 Å². The average molecular weight is 293 g/mol. The van der Waals surface area contributed by atoms with Gasteiger partial charge < -0.3 is 19.8 Å². The number of benzene rings is 1. The Morgan fingerprint density at radius 1 is 1.48 bits per heavy atom. The van der Waals surface area contributed by atoms with Crippen LogP contribution in [0.3, 0.4) is 0 Å². The van der Waals surface area contributed by atoms with Crippen molar-refractivity contribution in [1.82, 2.24) is 0 Å². The van der Waals surface area contributed by atoms with E-state index in [1.807, 2.05) is 24.3 Å². The van der Waals surface area contributed by atoms with Crippen LogP contribution in [-0.4, -0.2) is 48.1 Å². The molecule has 5 nitrogen and oxygen atoms in total. The molecule has 116 valence electrons. The highest BCUT2D eigenvalue weighted by Crippen LogP contribution is 2.32. The summed E-state index contributed by atoms with van der Waals surface area (Å²) in [5, 5.41) is 19.4. The van der Waals surface area contributed by atoms with Gasteiger partial charge in [0.05, 0.1) is 12.7 Å². The summed E-state index contributed by atoms with van der Waals surface area (Å²) in [7, 11) is 0. The number of para-hydroxylation sites is 1. The summed E-state index contributed by atoms with van der Waals surface area (Å²) in [6, 6.07) is 7.04. The maximum absolute atomic E-state index is 11.4. The van der Waals surface area contributed by atoms with Gasteiger partial charge in [-0.1, -0.05) is 31.5 Å². The van der Waals surface area contributed by atoms with Crippen molar-refractivity contribution in [2.75, 3.05) is 24.7 Å². The first-order chi connectivity index (χ1) is 10.1. The van der Waals surface area contributed by atoms with Crippen molar-refractivity contribution in [3.8, 4) is 0 Å². The molecule has 0 aliphatic carbocycles. The number of unbranched alkanes of at least 4 members (excludes halogenated alkanes) is 1. The highest BCUT2D eigenvalue weighted by atomic mass is 16.5. The standard InChI is InChI=1S/C16H23NO4/c1-2-3-8-21-11-13(18)10-17-14-7-5-4-6-12(14)9-15(17)16(19)20/h4-7,13,15,18H,2-3,8-11H2,1H3,(H,19,20). The van der Waals surface area contributed by atoms with Gasteiger partial charge in [-0.05, 0) is 18.1 Å². The van der Waals surface area contributed by atoms with Crippen molar-refractivity contribution in [2.45, 2.75) is 38.3 Å². The number of β-amino-alcohol motifs (C(OH)–C–C–N with tert-alkyl or cyclic N) is 1. The number of hydrogen-bond acceptors (Lipinski definition) is 4. The molecule has 0 fully saturated rings. The Bertz CT molecular complexity index is 477. The molecule has 0 radical (unpaired) electrons. The van der Waals surface area contributed by atoms with Crippen molar-refractivity contribution in [3.05, 3.63) is 29.8 Å². The van der Waals surface area contributed by atoms with Crippen LogP contribution in [0.25, 0.3) is 0 Å². The fourth-order valence-corrected chi connectivity index (χ4v) is 2.64. The van der Waals surface area contributed by atoms with E-state index in [0.29, 0.717) is 13.0 Å². The third-order valence-electron chi connectivity index (χ3n) is 3.74. The molecule has 1 aromatic carbocycles. The van der Waals surface area contributed by atoms with Gasteiger partial charge in [-0.25, -0.2) is 4.79 Å². The molecule has 2 unspecified atom stereocenters. The monoisotopic (exact) mass is 293 g/mol. The van der Waals surface area contributed by atoms with E-state index in [4.69, 9.17) is 4.74 Å². The van der Waals surface area contributed by atoms with Crippen molar-refractivity contribution in [1.29, 1.82) is 0 Å². The van der Waals surface area contributed by atoms with Gasteiger partial charge in [-0.2, -0.15) is 0 Å². The number of nitrogens with zero attached hydrogens (tertiary/aromatic N) is 1. The zero-order valence-corrected chi connectivity index (χ0v) is 12.4. The summed E-state index contributed by atoms with van der Waals surface area (Å²) in [4.78, 5) is 13.2. The Morgan fingerprint density at radius 3 is 2.95 bits per heavy atom. The van der Waals surface area contributed by atoms with E-state index in [-0.39, 0.29) is 13.2 Å². The lowest BCUT2D eigenvalue weighted by molar-refractivity contribution is -0.138. The molecule has 1 aliphatic rings. The number of carboxylic acid groups (broad SMARTS) is 1. The molecule has 0 aromatic heterocycles. The molecule has 0 bridgehead atoms. The summed E-state index contributed by atoms with van der Waals surface area (Å²) < 4.78 is 5.41. The normalized spacial score (nSPS) is 18.6. The smallest absolute Gasteiger partial charge is 0.326 e. The van der Waals surface area contributed by atoms with E-state index in [1.54, 1.807) is 4.90 Å². The van der Waals surface area contributed by atoms with E-state index < -0.39 is 18.1 Å². The Kier molecular flexibility index (Phi) is 5.59. The molecular weight excluding hydrogens is 270 g/mol. The average Bonchev–Trinajstić information content (AvgIpc) is 2.83. The SMILES string of the molecule is CCCCOCC(O)CN1c2ccccc2CC1C(=O)O. The summed E-state index contributed by atoms with van der Waals surface area (Å²) in [5.41, 5.74) is 1.92. The van der Waals surface area contributed by atoms with Gasteiger partial charge in [0.25, 0.3) is 0 Å². The maximum atomic E-state index is 11.4. The fraction of sp³-hybridized carbons (Fsp3) is 0.562. The molecule has 5 heteroatoms. The zero-order chi connectivity index (χ0) is 15.2. The first kappa shape index (κ1) is 15.8. The van der Waals surface area contributed by atoms with Gasteiger partial charge in [-0.15, -0.1) is 0 Å². The highest BCUT2D eigenvalue weighted by Gasteiger charge is 2.35. The van der Waals surface area contributed by atoms with Crippen LogP contribution < -0.4 is 4.90 Å². The number of hydrogen-bond donors (Lipinski definition) is 2. The van der Waals surface area contributed by atoms with E-state index >= 15 is 0 Å². The third-order valence-corrected chi connectivity index (χ3v) is 3.74. The summed E-state index contributed by atoms with van der Waals surface area (Å²) in [5.74, 6) is -0.856. The molecular formula is C16H23NO4. The molecule has 2 rings (SSSR count). The molecule has 1 aliphatic heterocycles. The predicted molar refractivity (Wildman–Crippen MR) is 80.6 cm³/mol. The zero-order valence-electron chi connectivity index (χ0n) is 12.4. The van der Waals surface area contributed by atoms with Crippen LogP contribution in [0.5, 0.6) is 0 Å². The van der Waals surface area contributed by atoms with Gasteiger partial charge in [0, 0.05) is 25.3 Å². The minimum atomic E-state index is -0.856. The van der Waals surface area contributed by atoms with Crippen molar-refractivity contribution < 1.29 is 19.7 Å². The number of ether oxygens (including phenoxy) is 1. The minimum absolute atomic E-state index is 0.241. The molecule has 0 saturated heterocycles. The highest BCUT2D eigenvalue weighted by molar-refractivity contribution is 5.82. The minimum Gasteiger partial charge on any atom is -0.480 e. The lowest BCUT2D eigenvalue weighted by atomic mass is 10.1. The maximum Gasteiger partial charge on any atom is 0.326 e. The molecule has 21 heavy (non-hydrogen) atoms. The number of rotatable bonds is 8. The first-order valence-electron chi connectivity index (χ1n) is 7.46. The fourth-order valence-electron chi connectivity index (χ4n) is 2.64. The lowest BCUT2D eigenvalue weighted by Gasteiger charge is -2.27.